The average Bonchev–Trinajstić information content (AvgIpc) is 3.75. The molecule has 13 nitrogen and oxygen atoms in total. The van der Waals surface area contributed by atoms with Gasteiger partial charge in [0.15, 0.2) is 0 Å². The fourth-order valence-corrected chi connectivity index (χ4v) is 11.0. The average molecular weight is 775 g/mol. The van der Waals surface area contributed by atoms with Crippen molar-refractivity contribution in [3.63, 3.8) is 0 Å². The van der Waals surface area contributed by atoms with Crippen molar-refractivity contribution in [2.45, 2.75) is 156 Å². The Hall–Kier alpha value is -3.00. The Morgan fingerprint density at radius 2 is 1.44 bits per heavy atom. The Kier molecular flexibility index (Phi) is 10.8. The molecule has 0 bridgehead atoms. The largest absolute Gasteiger partial charge is 0.342 e. The molecule has 54 heavy (non-hydrogen) atoms. The summed E-state index contributed by atoms with van der Waals surface area (Å²) >= 11 is 0. The van der Waals surface area contributed by atoms with Gasteiger partial charge < -0.3 is 20.9 Å². The van der Waals surface area contributed by atoms with Gasteiger partial charge in [-0.3, -0.25) is 33.6 Å². The molecule has 0 aromatic heterocycles. The molecule has 0 aromatic carbocycles. The van der Waals surface area contributed by atoms with Crippen LogP contribution in [-0.4, -0.2) is 103 Å². The fraction of sp³-hybridized carbons (Fsp3) is 0.825. The summed E-state index contributed by atoms with van der Waals surface area (Å²) in [7, 11) is -3.91. The van der Waals surface area contributed by atoms with E-state index in [2.05, 4.69) is 55.1 Å². The number of nitrogens with one attached hydrogen (secondary N) is 4. The predicted molar refractivity (Wildman–Crippen MR) is 207 cm³/mol. The van der Waals surface area contributed by atoms with E-state index in [0.29, 0.717) is 19.4 Å². The topological polar surface area (TPSA) is 174 Å². The standard InChI is InChI=1S/C40H66N6O7S/c1-13-25-21-40(25,34(51)44-54(12,52)53)43-31(48)27-22-39(37(10,11)38(39)18-16-19-38)23-46(27)33(50)29(36(7,8)9)42-32(49)28(35(4,5)6)41-30(47)26-17-14-15-20-45(26)24(2)3/h13,24-29H,1,14-23H2,2-12H3,(H,41,47)(H,42,49)(H,43,48)(H,44,51)/t25-,26?,27+,28-,29-,39-,40-/m1/s1. The first-order chi connectivity index (χ1) is 24.7. The summed E-state index contributed by atoms with van der Waals surface area (Å²) in [6.07, 6.45) is 8.69. The van der Waals surface area contributed by atoms with Gasteiger partial charge in [0.25, 0.3) is 5.91 Å². The van der Waals surface area contributed by atoms with Crippen molar-refractivity contribution in [3.8, 4) is 0 Å². The van der Waals surface area contributed by atoms with Crippen LogP contribution >= 0.6 is 0 Å². The van der Waals surface area contributed by atoms with Crippen LogP contribution in [0.2, 0.25) is 0 Å². The van der Waals surface area contributed by atoms with E-state index in [0.717, 1.165) is 44.9 Å². The first-order valence-corrected chi connectivity index (χ1v) is 21.7. The van der Waals surface area contributed by atoms with Crippen molar-refractivity contribution in [1.29, 1.82) is 0 Å². The predicted octanol–water partition coefficient (Wildman–Crippen LogP) is 3.25. The van der Waals surface area contributed by atoms with Crippen LogP contribution in [0.1, 0.15) is 121 Å². The maximum absolute atomic E-state index is 15.0. The molecule has 5 aliphatic rings. The first-order valence-electron chi connectivity index (χ1n) is 19.8. The van der Waals surface area contributed by atoms with Crippen LogP contribution in [0.5, 0.6) is 0 Å². The molecule has 4 N–H and O–H groups in total. The molecule has 5 fully saturated rings. The number of amides is 5. The van der Waals surface area contributed by atoms with Gasteiger partial charge in [-0.15, -0.1) is 6.58 Å². The number of fused-ring (bicyclic) bond motifs is 1. The van der Waals surface area contributed by atoms with Crippen LogP contribution in [0, 0.1) is 33.0 Å². The van der Waals surface area contributed by atoms with Crippen LogP contribution in [0.25, 0.3) is 0 Å². The summed E-state index contributed by atoms with van der Waals surface area (Å²) in [5, 5.41) is 8.98. The van der Waals surface area contributed by atoms with Crippen LogP contribution in [0.15, 0.2) is 12.7 Å². The summed E-state index contributed by atoms with van der Waals surface area (Å²) in [4.78, 5) is 74.8. The quantitative estimate of drug-likeness (QED) is 0.232. The van der Waals surface area contributed by atoms with E-state index in [4.69, 9.17) is 0 Å². The summed E-state index contributed by atoms with van der Waals surface area (Å²) in [5.41, 5.74) is -3.49. The molecule has 2 spiro atoms. The van der Waals surface area contributed by atoms with Crippen LogP contribution in [0.3, 0.4) is 0 Å². The zero-order valence-electron chi connectivity index (χ0n) is 34.5. The second-order valence-corrected chi connectivity index (χ2v) is 21.7. The van der Waals surface area contributed by atoms with E-state index in [1.807, 2.05) is 46.3 Å². The molecule has 5 amide bonds. The number of carbonyl (C=O) groups excluding carboxylic acids is 5. The molecule has 304 valence electrons. The Morgan fingerprint density at radius 3 is 1.91 bits per heavy atom. The Morgan fingerprint density at radius 1 is 0.833 bits per heavy atom. The van der Waals surface area contributed by atoms with E-state index < -0.39 is 74.1 Å². The number of hydrogen-bond donors (Lipinski definition) is 4. The molecule has 3 saturated carbocycles. The second kappa shape index (κ2) is 13.9. The van der Waals surface area contributed by atoms with Crippen molar-refractivity contribution in [2.75, 3.05) is 19.3 Å². The van der Waals surface area contributed by atoms with Gasteiger partial charge in [0.1, 0.15) is 23.7 Å². The molecule has 5 rings (SSSR count). The minimum Gasteiger partial charge on any atom is -0.342 e. The van der Waals surface area contributed by atoms with E-state index in [1.165, 1.54) is 6.08 Å². The van der Waals surface area contributed by atoms with Crippen LogP contribution in [-0.2, 0) is 34.0 Å². The van der Waals surface area contributed by atoms with Crippen LogP contribution < -0.4 is 20.7 Å². The highest BCUT2D eigenvalue weighted by molar-refractivity contribution is 7.89. The summed E-state index contributed by atoms with van der Waals surface area (Å²) in [5.74, 6) is -2.94. The van der Waals surface area contributed by atoms with Gasteiger partial charge in [0.2, 0.25) is 33.7 Å². The smallest absolute Gasteiger partial charge is 0.259 e. The molecule has 2 saturated heterocycles. The highest BCUT2D eigenvalue weighted by Gasteiger charge is 2.85. The summed E-state index contributed by atoms with van der Waals surface area (Å²) in [6.45, 7) is 24.7. The number of carbonyl (C=O) groups is 5. The number of rotatable bonds is 11. The lowest BCUT2D eigenvalue weighted by Crippen LogP contribution is -2.64. The molecule has 0 aromatic rings. The lowest BCUT2D eigenvalue weighted by atomic mass is 9.73. The Bertz CT molecular complexity index is 1670. The molecular formula is C40H66N6O7S. The van der Waals surface area contributed by atoms with Crippen molar-refractivity contribution in [3.05, 3.63) is 12.7 Å². The Labute approximate surface area is 323 Å². The van der Waals surface area contributed by atoms with Gasteiger partial charge in [-0.05, 0) is 80.6 Å². The minimum atomic E-state index is -3.91. The third-order valence-electron chi connectivity index (χ3n) is 14.1. The van der Waals surface area contributed by atoms with Crippen molar-refractivity contribution >= 4 is 39.6 Å². The molecule has 2 heterocycles. The number of sulfonamides is 1. The highest BCUT2D eigenvalue weighted by Crippen LogP contribution is 2.88. The maximum Gasteiger partial charge on any atom is 0.259 e. The number of nitrogens with zero attached hydrogens (tertiary/aromatic N) is 2. The van der Waals surface area contributed by atoms with E-state index >= 15 is 4.79 Å². The highest BCUT2D eigenvalue weighted by atomic mass is 32.2. The number of likely N-dealkylation sites (tertiary alicyclic amines) is 2. The van der Waals surface area contributed by atoms with Crippen molar-refractivity contribution in [1.82, 2.24) is 30.5 Å². The van der Waals surface area contributed by atoms with Gasteiger partial charge in [-0.2, -0.15) is 0 Å². The lowest BCUT2D eigenvalue weighted by molar-refractivity contribution is -0.145. The van der Waals surface area contributed by atoms with E-state index in [1.54, 1.807) is 4.90 Å². The van der Waals surface area contributed by atoms with E-state index in [9.17, 15) is 27.6 Å². The third kappa shape index (κ3) is 7.11. The Balaban J connectivity index is 1.44. The van der Waals surface area contributed by atoms with Crippen LogP contribution in [0.4, 0.5) is 0 Å². The molecule has 2 aliphatic heterocycles. The normalized spacial score (nSPS) is 31.3. The van der Waals surface area contributed by atoms with Crippen molar-refractivity contribution < 1.29 is 32.4 Å². The molecule has 0 radical (unpaired) electrons. The molecule has 1 unspecified atom stereocenters. The summed E-state index contributed by atoms with van der Waals surface area (Å²) in [6, 6.07) is -3.14. The maximum atomic E-state index is 15.0. The van der Waals surface area contributed by atoms with Gasteiger partial charge in [0.05, 0.1) is 12.3 Å². The second-order valence-electron chi connectivity index (χ2n) is 20.0. The number of hydrogen-bond acceptors (Lipinski definition) is 8. The van der Waals surface area contributed by atoms with Crippen molar-refractivity contribution in [2.24, 2.45) is 33.0 Å². The molecule has 14 heteroatoms. The summed E-state index contributed by atoms with van der Waals surface area (Å²) < 4.78 is 26.1. The molecule has 7 atom stereocenters. The lowest BCUT2D eigenvalue weighted by Gasteiger charge is -2.40. The number of piperidine rings is 1. The zero-order chi connectivity index (χ0) is 40.6. The molecular weight excluding hydrogens is 709 g/mol. The third-order valence-corrected chi connectivity index (χ3v) is 14.6. The molecule has 3 aliphatic carbocycles. The first kappa shape index (κ1) is 42.1. The minimum absolute atomic E-state index is 0.0206. The van der Waals surface area contributed by atoms with Gasteiger partial charge >= 0.3 is 0 Å². The zero-order valence-corrected chi connectivity index (χ0v) is 35.3. The van der Waals surface area contributed by atoms with Gasteiger partial charge in [-0.1, -0.05) is 74.3 Å². The monoisotopic (exact) mass is 774 g/mol. The SMILES string of the molecule is C=C[C@@H]1C[C@]1(NC(=O)[C@@H]1C[C@@]2(CN1C(=O)[C@@H](NC(=O)[C@@H](NC(=O)C1CCCCN1C(C)C)C(C)(C)C)C(C)(C)C)C(C)(C)C21CCC1)C(=O)NS(C)(=O)=O. The van der Waals surface area contributed by atoms with E-state index in [-0.39, 0.29) is 40.7 Å². The van der Waals surface area contributed by atoms with Gasteiger partial charge in [-0.25, -0.2) is 8.42 Å². The van der Waals surface area contributed by atoms with Gasteiger partial charge in [0, 0.05) is 23.9 Å². The fourth-order valence-electron chi connectivity index (χ4n) is 10.5.